The van der Waals surface area contributed by atoms with Gasteiger partial charge in [0.15, 0.2) is 5.16 Å². The molecule has 1 aromatic carbocycles. The van der Waals surface area contributed by atoms with Gasteiger partial charge in [-0.05, 0) is 19.5 Å². The summed E-state index contributed by atoms with van der Waals surface area (Å²) in [4.78, 5) is 4.22. The Balaban J connectivity index is 2.04. The summed E-state index contributed by atoms with van der Waals surface area (Å²) in [6, 6.07) is 8.92. The van der Waals surface area contributed by atoms with E-state index in [0.717, 1.165) is 10.9 Å². The Hall–Kier alpha value is -1.33. The van der Waals surface area contributed by atoms with Gasteiger partial charge in [0.25, 0.3) is 0 Å². The highest BCUT2D eigenvalue weighted by Crippen LogP contribution is 2.23. The lowest BCUT2D eigenvalue weighted by Gasteiger charge is -2.16. The van der Waals surface area contributed by atoms with Crippen LogP contribution < -0.4 is 5.32 Å². The topological polar surface area (TPSA) is 42.7 Å². The van der Waals surface area contributed by atoms with Crippen LogP contribution in [-0.4, -0.2) is 27.6 Å². The van der Waals surface area contributed by atoms with E-state index in [1.54, 1.807) is 22.8 Å². The minimum absolute atomic E-state index is 0.326. The molecule has 2 rings (SSSR count). The molecule has 1 unspecified atom stereocenters. The van der Waals surface area contributed by atoms with Gasteiger partial charge in [-0.3, -0.25) is 0 Å². The van der Waals surface area contributed by atoms with Crippen molar-refractivity contribution < 1.29 is 0 Å². The average molecular weight is 262 g/mol. The minimum atomic E-state index is 0.326. The van der Waals surface area contributed by atoms with Gasteiger partial charge in [0.2, 0.25) is 0 Å². The molecule has 1 atom stereocenters. The maximum absolute atomic E-state index is 4.22. The van der Waals surface area contributed by atoms with Gasteiger partial charge in [-0.1, -0.05) is 41.6 Å². The molecule has 1 aromatic heterocycles. The Bertz CT molecular complexity index is 509. The van der Waals surface area contributed by atoms with E-state index in [-0.39, 0.29) is 0 Å². The zero-order valence-corrected chi connectivity index (χ0v) is 11.7. The summed E-state index contributed by atoms with van der Waals surface area (Å²) in [5.41, 5.74) is 2.60. The van der Waals surface area contributed by atoms with E-state index >= 15 is 0 Å². The number of benzene rings is 1. The molecule has 1 heterocycles. The van der Waals surface area contributed by atoms with Gasteiger partial charge in [0.1, 0.15) is 6.33 Å². The van der Waals surface area contributed by atoms with E-state index in [9.17, 15) is 0 Å². The molecule has 0 aliphatic rings. The molecule has 5 heteroatoms. The van der Waals surface area contributed by atoms with Crippen LogP contribution in [-0.2, 0) is 7.05 Å². The lowest BCUT2D eigenvalue weighted by Crippen LogP contribution is -2.19. The fourth-order valence-corrected chi connectivity index (χ4v) is 2.84. The van der Waals surface area contributed by atoms with Crippen LogP contribution in [0.3, 0.4) is 0 Å². The highest BCUT2D eigenvalue weighted by atomic mass is 32.2. The number of nitrogens with one attached hydrogen (secondary N) is 1. The molecule has 4 nitrogen and oxygen atoms in total. The summed E-state index contributed by atoms with van der Waals surface area (Å²) in [5.74, 6) is 0.937. The molecule has 96 valence electrons. The van der Waals surface area contributed by atoms with Gasteiger partial charge in [-0.2, -0.15) is 5.10 Å². The van der Waals surface area contributed by atoms with E-state index in [0.29, 0.717) is 6.04 Å². The Morgan fingerprint density at radius 2 is 2.28 bits per heavy atom. The SMILES string of the molecule is CNC(CSc1ncnn1C)c1cccc(C)c1. The lowest BCUT2D eigenvalue weighted by molar-refractivity contribution is 0.653. The van der Waals surface area contributed by atoms with Crippen molar-refractivity contribution in [3.63, 3.8) is 0 Å². The standard InChI is InChI=1S/C13H18N4S/c1-10-5-4-6-11(7-10)12(14-2)8-18-13-15-9-16-17(13)3/h4-7,9,12,14H,8H2,1-3H3. The first kappa shape index (κ1) is 13.1. The van der Waals surface area contributed by atoms with Crippen molar-refractivity contribution in [2.75, 3.05) is 12.8 Å². The van der Waals surface area contributed by atoms with E-state index in [1.165, 1.54) is 11.1 Å². The maximum Gasteiger partial charge on any atom is 0.185 e. The second kappa shape index (κ2) is 6.02. The zero-order valence-electron chi connectivity index (χ0n) is 10.9. The highest BCUT2D eigenvalue weighted by Gasteiger charge is 2.11. The van der Waals surface area contributed by atoms with Crippen molar-refractivity contribution in [2.24, 2.45) is 7.05 Å². The number of rotatable bonds is 5. The van der Waals surface area contributed by atoms with Gasteiger partial charge in [-0.15, -0.1) is 0 Å². The van der Waals surface area contributed by atoms with Gasteiger partial charge >= 0.3 is 0 Å². The van der Waals surface area contributed by atoms with Crippen LogP contribution >= 0.6 is 11.8 Å². The fourth-order valence-electron chi connectivity index (χ4n) is 1.81. The number of aryl methyl sites for hydroxylation is 2. The molecule has 0 radical (unpaired) electrons. The third-order valence-corrected chi connectivity index (χ3v) is 3.97. The lowest BCUT2D eigenvalue weighted by atomic mass is 10.1. The minimum Gasteiger partial charge on any atom is -0.312 e. The van der Waals surface area contributed by atoms with E-state index in [1.807, 2.05) is 14.1 Å². The Labute approximate surface area is 112 Å². The summed E-state index contributed by atoms with van der Waals surface area (Å²) >= 11 is 1.71. The summed E-state index contributed by atoms with van der Waals surface area (Å²) in [6.45, 7) is 2.12. The quantitative estimate of drug-likeness (QED) is 0.839. The summed E-state index contributed by atoms with van der Waals surface area (Å²) in [5, 5.41) is 8.37. The van der Waals surface area contributed by atoms with Crippen molar-refractivity contribution in [3.05, 3.63) is 41.7 Å². The van der Waals surface area contributed by atoms with Crippen molar-refractivity contribution in [1.82, 2.24) is 20.1 Å². The molecular weight excluding hydrogens is 244 g/mol. The van der Waals surface area contributed by atoms with Crippen LogP contribution in [0.15, 0.2) is 35.7 Å². The molecule has 0 saturated carbocycles. The predicted octanol–water partition coefficient (Wildman–Crippen LogP) is 2.18. The molecule has 0 amide bonds. The molecular formula is C13H18N4S. The van der Waals surface area contributed by atoms with E-state index < -0.39 is 0 Å². The highest BCUT2D eigenvalue weighted by molar-refractivity contribution is 7.99. The molecule has 18 heavy (non-hydrogen) atoms. The molecule has 1 N–H and O–H groups in total. The van der Waals surface area contributed by atoms with Gasteiger partial charge in [0, 0.05) is 18.8 Å². The Kier molecular flexibility index (Phi) is 4.38. The first-order chi connectivity index (χ1) is 8.70. The van der Waals surface area contributed by atoms with Crippen molar-refractivity contribution in [2.45, 2.75) is 18.1 Å². The van der Waals surface area contributed by atoms with Crippen LogP contribution in [0, 0.1) is 6.92 Å². The molecule has 0 saturated heterocycles. The van der Waals surface area contributed by atoms with Gasteiger partial charge < -0.3 is 5.32 Å². The van der Waals surface area contributed by atoms with Crippen LogP contribution in [0.5, 0.6) is 0 Å². The Morgan fingerprint density at radius 1 is 1.44 bits per heavy atom. The van der Waals surface area contributed by atoms with Crippen molar-refractivity contribution in [3.8, 4) is 0 Å². The smallest absolute Gasteiger partial charge is 0.185 e. The number of hydrogen-bond donors (Lipinski definition) is 1. The number of aromatic nitrogens is 3. The molecule has 0 bridgehead atoms. The normalized spacial score (nSPS) is 12.6. The van der Waals surface area contributed by atoms with Crippen molar-refractivity contribution in [1.29, 1.82) is 0 Å². The van der Waals surface area contributed by atoms with E-state index in [2.05, 4.69) is 46.6 Å². The van der Waals surface area contributed by atoms with Crippen molar-refractivity contribution >= 4 is 11.8 Å². The largest absolute Gasteiger partial charge is 0.312 e. The molecule has 0 fully saturated rings. The Morgan fingerprint density at radius 3 is 2.89 bits per heavy atom. The maximum atomic E-state index is 4.22. The second-order valence-corrected chi connectivity index (χ2v) is 5.22. The summed E-state index contributed by atoms with van der Waals surface area (Å²) in [7, 11) is 3.90. The summed E-state index contributed by atoms with van der Waals surface area (Å²) in [6.07, 6.45) is 1.59. The fraction of sp³-hybridized carbons (Fsp3) is 0.385. The molecule has 2 aromatic rings. The van der Waals surface area contributed by atoms with Crippen LogP contribution in [0.4, 0.5) is 0 Å². The van der Waals surface area contributed by atoms with Crippen LogP contribution in [0.2, 0.25) is 0 Å². The van der Waals surface area contributed by atoms with Gasteiger partial charge in [0.05, 0.1) is 0 Å². The molecule has 0 aliphatic carbocycles. The molecule has 0 aliphatic heterocycles. The van der Waals surface area contributed by atoms with Crippen LogP contribution in [0.25, 0.3) is 0 Å². The molecule has 0 spiro atoms. The third kappa shape index (κ3) is 3.11. The summed E-state index contributed by atoms with van der Waals surface area (Å²) < 4.78 is 1.80. The first-order valence-corrected chi connectivity index (χ1v) is 6.90. The first-order valence-electron chi connectivity index (χ1n) is 5.91. The average Bonchev–Trinajstić information content (AvgIpc) is 2.76. The number of thioether (sulfide) groups is 1. The second-order valence-electron chi connectivity index (χ2n) is 4.23. The number of hydrogen-bond acceptors (Lipinski definition) is 4. The van der Waals surface area contributed by atoms with E-state index in [4.69, 9.17) is 0 Å². The monoisotopic (exact) mass is 262 g/mol. The third-order valence-electron chi connectivity index (χ3n) is 2.84. The van der Waals surface area contributed by atoms with Crippen LogP contribution in [0.1, 0.15) is 17.2 Å². The zero-order chi connectivity index (χ0) is 13.0. The number of nitrogens with zero attached hydrogens (tertiary/aromatic N) is 3. The van der Waals surface area contributed by atoms with Gasteiger partial charge in [-0.25, -0.2) is 9.67 Å². The predicted molar refractivity (Wildman–Crippen MR) is 74.7 cm³/mol.